The summed E-state index contributed by atoms with van der Waals surface area (Å²) in [6.45, 7) is 3.13. The Morgan fingerprint density at radius 3 is 2.90 bits per heavy atom. The van der Waals surface area contributed by atoms with E-state index < -0.39 is 17.5 Å². The minimum atomic E-state index is -0.826. The molecule has 30 heavy (non-hydrogen) atoms. The van der Waals surface area contributed by atoms with Gasteiger partial charge in [-0.25, -0.2) is 8.78 Å². The summed E-state index contributed by atoms with van der Waals surface area (Å²) >= 11 is 1.19. The molecule has 1 unspecified atom stereocenters. The highest BCUT2D eigenvalue weighted by molar-refractivity contribution is 7.99. The van der Waals surface area contributed by atoms with Crippen molar-refractivity contribution in [3.05, 3.63) is 47.9 Å². The van der Waals surface area contributed by atoms with Crippen molar-refractivity contribution in [1.29, 1.82) is 0 Å². The van der Waals surface area contributed by atoms with E-state index in [1.165, 1.54) is 17.8 Å². The quantitative estimate of drug-likeness (QED) is 0.566. The third-order valence-corrected chi connectivity index (χ3v) is 5.73. The molecule has 7 nitrogen and oxygen atoms in total. The average molecular weight is 434 g/mol. The molecule has 0 saturated carbocycles. The van der Waals surface area contributed by atoms with Gasteiger partial charge in [-0.2, -0.15) is 0 Å². The van der Waals surface area contributed by atoms with Gasteiger partial charge in [0.2, 0.25) is 5.91 Å². The molecule has 4 rings (SSSR count). The van der Waals surface area contributed by atoms with E-state index in [0.717, 1.165) is 42.9 Å². The van der Waals surface area contributed by atoms with E-state index in [0.29, 0.717) is 17.5 Å². The molecule has 158 valence electrons. The average Bonchev–Trinajstić information content (AvgIpc) is 3.45. The molecular weight excluding hydrogens is 414 g/mol. The van der Waals surface area contributed by atoms with Crippen LogP contribution in [0.2, 0.25) is 0 Å². The Labute approximate surface area is 175 Å². The maximum absolute atomic E-state index is 13.8. The van der Waals surface area contributed by atoms with E-state index >= 15 is 0 Å². The number of rotatable bonds is 7. The minimum Gasteiger partial charge on any atom is -0.469 e. The summed E-state index contributed by atoms with van der Waals surface area (Å²) in [5, 5.41) is 11.5. The van der Waals surface area contributed by atoms with Crippen molar-refractivity contribution in [3.8, 4) is 11.4 Å². The Morgan fingerprint density at radius 1 is 1.33 bits per heavy atom. The lowest BCUT2D eigenvalue weighted by molar-refractivity contribution is -0.113. The number of nitrogens with one attached hydrogen (secondary N) is 1. The SMILES string of the molecule is Cc1occc1-c1nnc(SCC(=O)Nc2ccc(F)cc2F)n1CC1CCCO1. The Kier molecular flexibility index (Phi) is 6.14. The molecule has 1 amide bonds. The van der Waals surface area contributed by atoms with Crippen molar-refractivity contribution in [1.82, 2.24) is 14.8 Å². The first-order chi connectivity index (χ1) is 14.5. The molecule has 0 spiro atoms. The Hall–Kier alpha value is -2.72. The van der Waals surface area contributed by atoms with E-state index in [1.807, 2.05) is 17.6 Å². The maximum atomic E-state index is 13.8. The number of amides is 1. The van der Waals surface area contributed by atoms with Crippen molar-refractivity contribution in [2.75, 3.05) is 17.7 Å². The van der Waals surface area contributed by atoms with Crippen LogP contribution in [0.4, 0.5) is 14.5 Å². The predicted molar refractivity (Wildman–Crippen MR) is 107 cm³/mol. The largest absolute Gasteiger partial charge is 0.469 e. The Balaban J connectivity index is 1.49. The van der Waals surface area contributed by atoms with Gasteiger partial charge in [0.05, 0.1) is 35.9 Å². The second-order valence-electron chi connectivity index (χ2n) is 6.90. The number of carbonyl (C=O) groups is 1. The third-order valence-electron chi connectivity index (χ3n) is 4.76. The zero-order chi connectivity index (χ0) is 21.1. The summed E-state index contributed by atoms with van der Waals surface area (Å²) in [4.78, 5) is 12.3. The smallest absolute Gasteiger partial charge is 0.234 e. The van der Waals surface area contributed by atoms with Crippen LogP contribution >= 0.6 is 11.8 Å². The summed E-state index contributed by atoms with van der Waals surface area (Å²) < 4.78 is 39.8. The number of ether oxygens (including phenoxy) is 1. The van der Waals surface area contributed by atoms with Gasteiger partial charge < -0.3 is 14.5 Å². The molecule has 0 bridgehead atoms. The van der Waals surface area contributed by atoms with Gasteiger partial charge in [0.25, 0.3) is 0 Å². The maximum Gasteiger partial charge on any atom is 0.234 e. The molecule has 0 radical (unpaired) electrons. The lowest BCUT2D eigenvalue weighted by atomic mass is 10.2. The minimum absolute atomic E-state index is 0.00908. The van der Waals surface area contributed by atoms with Gasteiger partial charge in [-0.05, 0) is 38.0 Å². The highest BCUT2D eigenvalue weighted by Crippen LogP contribution is 2.29. The summed E-state index contributed by atoms with van der Waals surface area (Å²) in [5.74, 6) is -0.610. The van der Waals surface area contributed by atoms with Crippen LogP contribution in [0.3, 0.4) is 0 Å². The molecule has 1 aliphatic heterocycles. The van der Waals surface area contributed by atoms with E-state index in [9.17, 15) is 13.6 Å². The fourth-order valence-corrected chi connectivity index (χ4v) is 4.02. The fraction of sp³-hybridized carbons (Fsp3) is 0.350. The fourth-order valence-electron chi connectivity index (χ4n) is 3.28. The van der Waals surface area contributed by atoms with Crippen LogP contribution in [0.1, 0.15) is 18.6 Å². The number of benzene rings is 1. The van der Waals surface area contributed by atoms with Crippen LogP contribution in [0, 0.1) is 18.6 Å². The van der Waals surface area contributed by atoms with E-state index in [4.69, 9.17) is 9.15 Å². The molecule has 3 heterocycles. The van der Waals surface area contributed by atoms with Gasteiger partial charge in [0.15, 0.2) is 11.0 Å². The number of aryl methyl sites for hydroxylation is 1. The van der Waals surface area contributed by atoms with Crippen LogP contribution < -0.4 is 5.32 Å². The van der Waals surface area contributed by atoms with Crippen molar-refractivity contribution < 1.29 is 22.7 Å². The third kappa shape index (κ3) is 4.54. The zero-order valence-electron chi connectivity index (χ0n) is 16.2. The zero-order valence-corrected chi connectivity index (χ0v) is 17.0. The molecule has 1 fully saturated rings. The van der Waals surface area contributed by atoms with Gasteiger partial charge in [0, 0.05) is 12.7 Å². The van der Waals surface area contributed by atoms with Gasteiger partial charge in [-0.15, -0.1) is 10.2 Å². The van der Waals surface area contributed by atoms with Crippen LogP contribution in [-0.4, -0.2) is 39.1 Å². The van der Waals surface area contributed by atoms with Gasteiger partial charge >= 0.3 is 0 Å². The normalized spacial score (nSPS) is 16.2. The van der Waals surface area contributed by atoms with E-state index in [2.05, 4.69) is 15.5 Å². The van der Waals surface area contributed by atoms with Crippen LogP contribution in [0.25, 0.3) is 11.4 Å². The number of aromatic nitrogens is 3. The van der Waals surface area contributed by atoms with Crippen LogP contribution in [0.5, 0.6) is 0 Å². The number of thioether (sulfide) groups is 1. The first-order valence-electron chi connectivity index (χ1n) is 9.48. The van der Waals surface area contributed by atoms with Gasteiger partial charge in [0.1, 0.15) is 17.4 Å². The van der Waals surface area contributed by atoms with Crippen molar-refractivity contribution in [2.24, 2.45) is 0 Å². The lowest BCUT2D eigenvalue weighted by Gasteiger charge is -2.14. The molecule has 1 aliphatic rings. The molecular formula is C20H20F2N4O3S. The van der Waals surface area contributed by atoms with Crippen LogP contribution in [0.15, 0.2) is 40.1 Å². The first-order valence-corrected chi connectivity index (χ1v) is 10.5. The molecule has 0 aliphatic carbocycles. The van der Waals surface area contributed by atoms with E-state index in [-0.39, 0.29) is 17.5 Å². The summed E-state index contributed by atoms with van der Waals surface area (Å²) in [7, 11) is 0. The second-order valence-corrected chi connectivity index (χ2v) is 7.85. The number of furan rings is 1. The highest BCUT2D eigenvalue weighted by atomic mass is 32.2. The van der Waals surface area contributed by atoms with Crippen molar-refractivity contribution >= 4 is 23.4 Å². The number of hydrogen-bond donors (Lipinski definition) is 1. The second kappa shape index (κ2) is 8.97. The topological polar surface area (TPSA) is 82.2 Å². The number of halogens is 2. The summed E-state index contributed by atoms with van der Waals surface area (Å²) in [6, 6.07) is 4.82. The lowest BCUT2D eigenvalue weighted by Crippen LogP contribution is -2.18. The number of anilines is 1. The molecule has 10 heteroatoms. The number of carbonyl (C=O) groups excluding carboxylic acids is 1. The van der Waals surface area contributed by atoms with Crippen LogP contribution in [-0.2, 0) is 16.1 Å². The van der Waals surface area contributed by atoms with E-state index in [1.54, 1.807) is 6.26 Å². The Morgan fingerprint density at radius 2 is 2.20 bits per heavy atom. The standard InChI is InChI=1S/C20H20F2N4O3S/c1-12-15(6-8-28-12)19-24-25-20(26(19)10-14-3-2-7-29-14)30-11-18(27)23-17-5-4-13(21)9-16(17)22/h4-6,8-9,14H,2-3,7,10-11H2,1H3,(H,23,27). The molecule has 1 N–H and O–H groups in total. The number of hydrogen-bond acceptors (Lipinski definition) is 6. The first kappa shape index (κ1) is 20.5. The van der Waals surface area contributed by atoms with Crippen molar-refractivity contribution in [2.45, 2.75) is 37.6 Å². The molecule has 3 aromatic rings. The van der Waals surface area contributed by atoms with Crippen molar-refractivity contribution in [3.63, 3.8) is 0 Å². The number of nitrogens with zero attached hydrogens (tertiary/aromatic N) is 3. The summed E-state index contributed by atoms with van der Waals surface area (Å²) in [6.07, 6.45) is 3.58. The molecule has 1 aromatic carbocycles. The Bertz CT molecular complexity index is 1050. The predicted octanol–water partition coefficient (Wildman–Crippen LogP) is 4.03. The monoisotopic (exact) mass is 434 g/mol. The molecule has 2 aromatic heterocycles. The van der Waals surface area contributed by atoms with Gasteiger partial charge in [-0.1, -0.05) is 11.8 Å². The highest BCUT2D eigenvalue weighted by Gasteiger charge is 2.23. The van der Waals surface area contributed by atoms with Gasteiger partial charge in [-0.3, -0.25) is 9.36 Å². The summed E-state index contributed by atoms with van der Waals surface area (Å²) in [5.41, 5.74) is 0.753. The molecule has 1 saturated heterocycles. The molecule has 1 atom stereocenters.